The van der Waals surface area contributed by atoms with Crippen molar-refractivity contribution in [2.75, 3.05) is 31.3 Å². The summed E-state index contributed by atoms with van der Waals surface area (Å²) in [6.07, 6.45) is 5.37. The van der Waals surface area contributed by atoms with Gasteiger partial charge >= 0.3 is 0 Å². The number of halogens is 2. The molecule has 0 aliphatic heterocycles. The van der Waals surface area contributed by atoms with Crippen LogP contribution in [0.2, 0.25) is 0 Å². The first-order chi connectivity index (χ1) is 12.4. The Hall–Kier alpha value is -1.34. The predicted molar refractivity (Wildman–Crippen MR) is 118 cm³/mol. The van der Waals surface area contributed by atoms with Crippen molar-refractivity contribution in [1.29, 1.82) is 0 Å². The number of amides is 2. The minimum absolute atomic E-state index is 0. The van der Waals surface area contributed by atoms with Crippen LogP contribution in [0.1, 0.15) is 32.1 Å². The van der Waals surface area contributed by atoms with E-state index < -0.39 is 0 Å². The van der Waals surface area contributed by atoms with Crippen LogP contribution >= 0.6 is 24.8 Å². The van der Waals surface area contributed by atoms with Crippen LogP contribution in [0.5, 0.6) is 0 Å². The highest BCUT2D eigenvalue weighted by molar-refractivity contribution is 5.94. The Labute approximate surface area is 179 Å². The average Bonchev–Trinajstić information content (AvgIpc) is 2.55. The van der Waals surface area contributed by atoms with E-state index in [1.807, 2.05) is 43.3 Å². The first-order valence-corrected chi connectivity index (χ1v) is 9.53. The lowest BCUT2D eigenvalue weighted by molar-refractivity contribution is -0.122. The maximum atomic E-state index is 12.7. The number of benzene rings is 1. The van der Waals surface area contributed by atoms with Crippen LogP contribution in [0.25, 0.3) is 0 Å². The Kier molecular flexibility index (Phi) is 9.70. The Balaban J connectivity index is 0.00000196. The lowest BCUT2D eigenvalue weighted by Crippen LogP contribution is -2.48. The van der Waals surface area contributed by atoms with E-state index >= 15 is 0 Å². The van der Waals surface area contributed by atoms with E-state index in [0.717, 1.165) is 37.1 Å². The first-order valence-electron chi connectivity index (χ1n) is 9.53. The molecule has 2 fully saturated rings. The van der Waals surface area contributed by atoms with Gasteiger partial charge in [0, 0.05) is 23.3 Å². The highest BCUT2D eigenvalue weighted by atomic mass is 35.5. The number of nitrogens with zero attached hydrogens (tertiary/aromatic N) is 1. The van der Waals surface area contributed by atoms with Gasteiger partial charge in [0.05, 0.1) is 6.54 Å². The van der Waals surface area contributed by atoms with Crippen LogP contribution < -0.4 is 16.4 Å². The summed E-state index contributed by atoms with van der Waals surface area (Å²) in [4.78, 5) is 26.3. The number of rotatable bonds is 5. The van der Waals surface area contributed by atoms with Gasteiger partial charge in [0.25, 0.3) is 0 Å². The molecule has 0 heterocycles. The van der Waals surface area contributed by atoms with E-state index in [0.29, 0.717) is 18.4 Å². The summed E-state index contributed by atoms with van der Waals surface area (Å²) in [5.41, 5.74) is 7.81. The molecule has 8 heteroatoms. The fourth-order valence-electron chi connectivity index (χ4n) is 4.37. The van der Waals surface area contributed by atoms with Gasteiger partial charge in [-0.05, 0) is 75.9 Å². The largest absolute Gasteiger partial charge is 0.327 e. The maximum Gasteiger partial charge on any atom is 0.238 e. The SMILES string of the molecule is CN(C)CC(=O)Nc1ccc(NC(=O)C2CC3CCCC(C2)C3N)cc1.Cl.Cl. The molecule has 0 aromatic heterocycles. The van der Waals surface area contributed by atoms with E-state index in [2.05, 4.69) is 10.6 Å². The van der Waals surface area contributed by atoms with E-state index in [-0.39, 0.29) is 48.6 Å². The van der Waals surface area contributed by atoms with Crippen LogP contribution in [0.3, 0.4) is 0 Å². The number of hydrogen-bond donors (Lipinski definition) is 3. The second-order valence-corrected chi connectivity index (χ2v) is 8.05. The van der Waals surface area contributed by atoms with Gasteiger partial charge in [-0.2, -0.15) is 0 Å². The maximum absolute atomic E-state index is 12.7. The van der Waals surface area contributed by atoms with Gasteiger partial charge in [-0.15, -0.1) is 24.8 Å². The zero-order valence-corrected chi connectivity index (χ0v) is 18.2. The summed E-state index contributed by atoms with van der Waals surface area (Å²) in [7, 11) is 3.70. The van der Waals surface area contributed by atoms with Crippen molar-refractivity contribution >= 4 is 48.0 Å². The number of fused-ring (bicyclic) bond motifs is 2. The highest BCUT2D eigenvalue weighted by Crippen LogP contribution is 2.42. The molecule has 1 aromatic rings. The van der Waals surface area contributed by atoms with Gasteiger partial charge in [-0.1, -0.05) is 6.42 Å². The molecule has 0 radical (unpaired) electrons. The number of nitrogens with one attached hydrogen (secondary N) is 2. The van der Waals surface area contributed by atoms with Crippen molar-refractivity contribution in [3.63, 3.8) is 0 Å². The average molecular weight is 431 g/mol. The number of anilines is 2. The van der Waals surface area contributed by atoms with Crippen molar-refractivity contribution in [1.82, 2.24) is 4.90 Å². The highest BCUT2D eigenvalue weighted by Gasteiger charge is 2.40. The van der Waals surface area contributed by atoms with Crippen molar-refractivity contribution in [3.05, 3.63) is 24.3 Å². The summed E-state index contributed by atoms with van der Waals surface area (Å²) >= 11 is 0. The number of carbonyl (C=O) groups excluding carboxylic acids is 2. The normalized spacial score (nSPS) is 25.9. The van der Waals surface area contributed by atoms with Gasteiger partial charge in [0.15, 0.2) is 0 Å². The molecular formula is C20H32Cl2N4O2. The fraction of sp³-hybridized carbons (Fsp3) is 0.600. The first kappa shape index (κ1) is 24.7. The molecular weight excluding hydrogens is 399 g/mol. The van der Waals surface area contributed by atoms with Gasteiger partial charge in [-0.25, -0.2) is 0 Å². The predicted octanol–water partition coefficient (Wildman–Crippen LogP) is 3.12. The third-order valence-electron chi connectivity index (χ3n) is 5.68. The summed E-state index contributed by atoms with van der Waals surface area (Å²) < 4.78 is 0. The molecule has 2 aliphatic carbocycles. The Morgan fingerprint density at radius 1 is 1.00 bits per heavy atom. The van der Waals surface area contributed by atoms with E-state index in [1.165, 1.54) is 6.42 Å². The van der Waals surface area contributed by atoms with E-state index in [4.69, 9.17) is 5.73 Å². The molecule has 1 aromatic carbocycles. The number of hydrogen-bond acceptors (Lipinski definition) is 4. The van der Waals surface area contributed by atoms with Crippen LogP contribution in [-0.2, 0) is 9.59 Å². The second kappa shape index (κ2) is 11.0. The minimum Gasteiger partial charge on any atom is -0.327 e. The zero-order valence-electron chi connectivity index (χ0n) is 16.5. The molecule has 2 atom stereocenters. The zero-order chi connectivity index (χ0) is 18.7. The molecule has 0 saturated heterocycles. The Morgan fingerprint density at radius 2 is 1.50 bits per heavy atom. The van der Waals surface area contributed by atoms with E-state index in [9.17, 15) is 9.59 Å². The number of carbonyl (C=O) groups is 2. The van der Waals surface area contributed by atoms with Gasteiger partial charge in [0.1, 0.15) is 0 Å². The van der Waals surface area contributed by atoms with Gasteiger partial charge in [-0.3, -0.25) is 9.59 Å². The summed E-state index contributed by atoms with van der Waals surface area (Å²) in [6, 6.07) is 7.57. The van der Waals surface area contributed by atoms with Crippen molar-refractivity contribution in [2.45, 2.75) is 38.1 Å². The molecule has 2 aliphatic rings. The molecule has 2 bridgehead atoms. The molecule has 6 nitrogen and oxygen atoms in total. The van der Waals surface area contributed by atoms with E-state index in [1.54, 1.807) is 0 Å². The van der Waals surface area contributed by atoms with Crippen LogP contribution in [0.15, 0.2) is 24.3 Å². The molecule has 2 saturated carbocycles. The van der Waals surface area contributed by atoms with Crippen molar-refractivity contribution in [3.8, 4) is 0 Å². The number of nitrogens with two attached hydrogens (primary N) is 1. The third-order valence-corrected chi connectivity index (χ3v) is 5.68. The molecule has 158 valence electrons. The molecule has 0 spiro atoms. The standard InChI is InChI=1S/C20H30N4O2.2ClH/c1-24(2)12-18(25)22-16-6-8-17(9-7-16)23-20(26)15-10-13-4-3-5-14(11-15)19(13)21;;/h6-9,13-15,19H,3-5,10-12,21H2,1-2H3,(H,22,25)(H,23,26);2*1H. The molecule has 3 rings (SSSR count). The summed E-state index contributed by atoms with van der Waals surface area (Å²) in [6.45, 7) is 0.338. The van der Waals surface area contributed by atoms with Gasteiger partial charge < -0.3 is 21.3 Å². The van der Waals surface area contributed by atoms with Crippen molar-refractivity contribution < 1.29 is 9.59 Å². The number of likely N-dealkylation sites (N-methyl/N-ethyl adjacent to an activating group) is 1. The van der Waals surface area contributed by atoms with Crippen LogP contribution in [0, 0.1) is 17.8 Å². The third kappa shape index (κ3) is 6.34. The molecule has 2 unspecified atom stereocenters. The summed E-state index contributed by atoms with van der Waals surface area (Å²) in [5, 5.41) is 5.87. The lowest BCUT2D eigenvalue weighted by atomic mass is 9.65. The van der Waals surface area contributed by atoms with Gasteiger partial charge in [0.2, 0.25) is 11.8 Å². The monoisotopic (exact) mass is 430 g/mol. The minimum atomic E-state index is -0.0585. The topological polar surface area (TPSA) is 87.5 Å². The summed E-state index contributed by atoms with van der Waals surface area (Å²) in [5.74, 6) is 1.08. The second-order valence-electron chi connectivity index (χ2n) is 8.05. The van der Waals surface area contributed by atoms with Crippen LogP contribution in [0.4, 0.5) is 11.4 Å². The fourth-order valence-corrected chi connectivity index (χ4v) is 4.37. The van der Waals surface area contributed by atoms with Crippen LogP contribution in [-0.4, -0.2) is 43.4 Å². The molecule has 28 heavy (non-hydrogen) atoms. The quantitative estimate of drug-likeness (QED) is 0.669. The molecule has 2 amide bonds. The lowest BCUT2D eigenvalue weighted by Gasteiger charge is -2.43. The van der Waals surface area contributed by atoms with Crippen molar-refractivity contribution in [2.24, 2.45) is 23.5 Å². The Morgan fingerprint density at radius 3 is 2.00 bits per heavy atom. The Bertz CT molecular complexity index is 640. The molecule has 4 N–H and O–H groups in total. The smallest absolute Gasteiger partial charge is 0.238 e.